The van der Waals surface area contributed by atoms with Crippen LogP contribution in [0.2, 0.25) is 0 Å². The van der Waals surface area contributed by atoms with Crippen LogP contribution in [0.4, 0.5) is 9.18 Å². The number of pyridine rings is 1. The highest BCUT2D eigenvalue weighted by Crippen LogP contribution is 2.40. The number of amides is 3. The molecule has 2 fully saturated rings. The van der Waals surface area contributed by atoms with Gasteiger partial charge in [-0.25, -0.2) is 13.7 Å². The van der Waals surface area contributed by atoms with Crippen molar-refractivity contribution in [2.45, 2.75) is 77.9 Å². The van der Waals surface area contributed by atoms with Gasteiger partial charge in [-0.05, 0) is 87.4 Å². The van der Waals surface area contributed by atoms with Gasteiger partial charge >= 0.3 is 6.09 Å². The molecule has 0 spiro atoms. The molecule has 3 aromatic heterocycles. The third kappa shape index (κ3) is 6.35. The number of fused-ring (bicyclic) bond motifs is 3. The highest BCUT2D eigenvalue weighted by molar-refractivity contribution is 6.00. The maximum absolute atomic E-state index is 15.0. The fourth-order valence-corrected chi connectivity index (χ4v) is 7.54. The number of alkyl halides is 1. The first kappa shape index (κ1) is 33.7. The van der Waals surface area contributed by atoms with Gasteiger partial charge in [0.25, 0.3) is 11.8 Å². The molecule has 2 aliphatic heterocycles. The Labute approximate surface area is 301 Å². The molecule has 11 nitrogen and oxygen atoms in total. The van der Waals surface area contributed by atoms with Crippen LogP contribution >= 0.6 is 0 Å². The normalized spacial score (nSPS) is 18.8. The van der Waals surface area contributed by atoms with Crippen LogP contribution in [0.25, 0.3) is 38.9 Å². The standard InChI is InChI=1S/C40H43FN6O5/c1-22-35(33-14-26-10-8-25(13-32(26)46(33)18-23-6-7-23)24-9-11-27-17-42-37(48)31(27)12-24)44-47-19-28(15-34(51-5)36(22)47)38(49)45-20-29(41)16-30(21-45)43-39(50)52-40(2,3)4/h8-15,19,23,29-30H,6-7,16-18,20-21H2,1-5H3,(H,42,48)(H,43,50)/t29-,30-/m1/s1. The van der Waals surface area contributed by atoms with Crippen LogP contribution < -0.4 is 15.4 Å². The number of piperidine rings is 1. The number of halogens is 1. The second-order valence-electron chi connectivity index (χ2n) is 15.4. The van der Waals surface area contributed by atoms with E-state index in [4.69, 9.17) is 14.6 Å². The first-order valence-electron chi connectivity index (χ1n) is 17.9. The number of benzene rings is 2. The summed E-state index contributed by atoms with van der Waals surface area (Å²) in [4.78, 5) is 40.2. The second kappa shape index (κ2) is 12.7. The number of hydrogen-bond acceptors (Lipinski definition) is 6. The number of carbonyl (C=O) groups is 3. The van der Waals surface area contributed by atoms with E-state index in [1.54, 1.807) is 44.7 Å². The average molecular weight is 707 g/mol. The van der Waals surface area contributed by atoms with E-state index in [1.165, 1.54) is 17.7 Å². The van der Waals surface area contributed by atoms with Crippen LogP contribution in [-0.4, -0.2) is 75.0 Å². The molecule has 3 aliphatic rings. The Morgan fingerprint density at radius 1 is 1.06 bits per heavy atom. The predicted octanol–water partition coefficient (Wildman–Crippen LogP) is 6.67. The van der Waals surface area contributed by atoms with Gasteiger partial charge in [0.05, 0.1) is 31.0 Å². The van der Waals surface area contributed by atoms with Crippen molar-refractivity contribution >= 4 is 34.3 Å². The lowest BCUT2D eigenvalue weighted by atomic mass is 9.99. The summed E-state index contributed by atoms with van der Waals surface area (Å²) in [7, 11) is 1.56. The van der Waals surface area contributed by atoms with Gasteiger partial charge in [0.2, 0.25) is 0 Å². The molecule has 12 heteroatoms. The molecule has 8 rings (SSSR count). The van der Waals surface area contributed by atoms with Crippen molar-refractivity contribution in [3.05, 3.63) is 77.0 Å². The summed E-state index contributed by atoms with van der Waals surface area (Å²) in [6.45, 7) is 8.75. The summed E-state index contributed by atoms with van der Waals surface area (Å²) in [6.07, 6.45) is 2.16. The summed E-state index contributed by atoms with van der Waals surface area (Å²) >= 11 is 0. The van der Waals surface area contributed by atoms with Gasteiger partial charge in [0.1, 0.15) is 28.7 Å². The molecule has 1 saturated heterocycles. The van der Waals surface area contributed by atoms with Crippen LogP contribution in [0.1, 0.15) is 71.9 Å². The molecule has 2 N–H and O–H groups in total. The third-order valence-corrected chi connectivity index (χ3v) is 10.2. The van der Waals surface area contributed by atoms with E-state index in [0.29, 0.717) is 23.8 Å². The van der Waals surface area contributed by atoms with Crippen molar-refractivity contribution in [2.24, 2.45) is 5.92 Å². The Morgan fingerprint density at radius 3 is 2.58 bits per heavy atom. The Hall–Kier alpha value is -5.39. The SMILES string of the molecule is COc1cc(C(=O)N2C[C@H](F)C[C@@H](NC(=O)OC(C)(C)C)C2)cn2nc(-c3cc4ccc(-c5ccc6c(c5)C(=O)NC6)cc4n3CC3CC3)c(C)c12. The number of aromatic nitrogens is 3. The Balaban J connectivity index is 1.14. The van der Waals surface area contributed by atoms with Gasteiger partial charge in [-0.1, -0.05) is 24.3 Å². The molecule has 0 unspecified atom stereocenters. The highest BCUT2D eigenvalue weighted by Gasteiger charge is 2.33. The van der Waals surface area contributed by atoms with Crippen molar-refractivity contribution in [1.82, 2.24) is 29.7 Å². The number of ether oxygens (including phenoxy) is 2. The maximum Gasteiger partial charge on any atom is 0.407 e. The number of hydrogen-bond donors (Lipinski definition) is 2. The second-order valence-corrected chi connectivity index (χ2v) is 15.4. The average Bonchev–Trinajstić information content (AvgIpc) is 3.63. The number of rotatable bonds is 7. The molecular formula is C40H43FN6O5. The minimum Gasteiger partial charge on any atom is -0.494 e. The summed E-state index contributed by atoms with van der Waals surface area (Å²) in [5.41, 5.74) is 7.83. The van der Waals surface area contributed by atoms with Crippen LogP contribution in [-0.2, 0) is 17.8 Å². The molecule has 5 heterocycles. The first-order chi connectivity index (χ1) is 24.8. The van der Waals surface area contributed by atoms with Crippen LogP contribution in [0, 0.1) is 12.8 Å². The molecule has 0 radical (unpaired) electrons. The zero-order valence-corrected chi connectivity index (χ0v) is 30.1. The number of nitrogens with zero attached hydrogens (tertiary/aromatic N) is 4. The Bertz CT molecular complexity index is 2260. The van der Waals surface area contributed by atoms with Gasteiger partial charge in [0, 0.05) is 54.3 Å². The van der Waals surface area contributed by atoms with Gasteiger partial charge in [0.15, 0.2) is 0 Å². The van der Waals surface area contributed by atoms with Gasteiger partial charge in [-0.2, -0.15) is 5.10 Å². The van der Waals surface area contributed by atoms with E-state index in [9.17, 15) is 18.8 Å². The molecular weight excluding hydrogens is 663 g/mol. The number of methoxy groups -OCH3 is 1. The molecule has 1 saturated carbocycles. The molecule has 3 amide bonds. The molecule has 2 atom stereocenters. The summed E-state index contributed by atoms with van der Waals surface area (Å²) in [6, 6.07) is 15.7. The molecule has 270 valence electrons. The van der Waals surface area contributed by atoms with Crippen molar-refractivity contribution in [3.63, 3.8) is 0 Å². The molecule has 2 aromatic carbocycles. The van der Waals surface area contributed by atoms with Crippen molar-refractivity contribution in [3.8, 4) is 28.3 Å². The molecule has 0 bridgehead atoms. The quantitative estimate of drug-likeness (QED) is 0.195. The topological polar surface area (TPSA) is 119 Å². The lowest BCUT2D eigenvalue weighted by Crippen LogP contribution is -2.54. The van der Waals surface area contributed by atoms with E-state index in [-0.39, 0.29) is 31.3 Å². The highest BCUT2D eigenvalue weighted by atomic mass is 19.1. The fourth-order valence-electron chi connectivity index (χ4n) is 7.54. The minimum atomic E-state index is -1.31. The van der Waals surface area contributed by atoms with E-state index in [2.05, 4.69) is 45.5 Å². The zero-order valence-electron chi connectivity index (χ0n) is 30.1. The zero-order chi connectivity index (χ0) is 36.5. The van der Waals surface area contributed by atoms with Crippen LogP contribution in [0.3, 0.4) is 0 Å². The minimum absolute atomic E-state index is 0.0399. The smallest absolute Gasteiger partial charge is 0.407 e. The van der Waals surface area contributed by atoms with Crippen LogP contribution in [0.15, 0.2) is 54.7 Å². The van der Waals surface area contributed by atoms with Gasteiger partial charge in [-0.3, -0.25) is 9.59 Å². The fraction of sp³-hybridized carbons (Fsp3) is 0.400. The summed E-state index contributed by atoms with van der Waals surface area (Å²) in [5.74, 6) is 0.636. The number of carbonyl (C=O) groups excluding carboxylic acids is 3. The van der Waals surface area contributed by atoms with Gasteiger partial charge < -0.3 is 29.6 Å². The Morgan fingerprint density at radius 2 is 1.83 bits per heavy atom. The molecule has 52 heavy (non-hydrogen) atoms. The maximum atomic E-state index is 15.0. The van der Waals surface area contributed by atoms with E-state index < -0.39 is 23.9 Å². The molecule has 5 aromatic rings. The molecule has 1 aliphatic carbocycles. The Kier molecular flexibility index (Phi) is 8.23. The number of likely N-dealkylation sites (tertiary alicyclic amines) is 1. The lowest BCUT2D eigenvalue weighted by Gasteiger charge is -2.35. The van der Waals surface area contributed by atoms with Crippen molar-refractivity contribution in [2.75, 3.05) is 20.2 Å². The third-order valence-electron chi connectivity index (χ3n) is 10.2. The van der Waals surface area contributed by atoms with Crippen molar-refractivity contribution < 1.29 is 28.2 Å². The summed E-state index contributed by atoms with van der Waals surface area (Å²) < 4.78 is 30.2. The number of alkyl carbamates (subject to hydrolysis) is 1. The van der Waals surface area contributed by atoms with Crippen LogP contribution in [0.5, 0.6) is 5.75 Å². The van der Waals surface area contributed by atoms with E-state index >= 15 is 0 Å². The van der Waals surface area contributed by atoms with E-state index in [1.807, 2.05) is 19.1 Å². The van der Waals surface area contributed by atoms with E-state index in [0.717, 1.165) is 62.2 Å². The summed E-state index contributed by atoms with van der Waals surface area (Å²) in [5, 5.41) is 11.8. The number of aryl methyl sites for hydroxylation is 1. The number of nitrogens with one attached hydrogen (secondary N) is 2. The van der Waals surface area contributed by atoms with Crippen molar-refractivity contribution in [1.29, 1.82) is 0 Å². The lowest BCUT2D eigenvalue weighted by molar-refractivity contribution is 0.0394. The first-order valence-corrected chi connectivity index (χ1v) is 17.9. The largest absolute Gasteiger partial charge is 0.494 e. The van der Waals surface area contributed by atoms with Gasteiger partial charge in [-0.15, -0.1) is 0 Å². The monoisotopic (exact) mass is 706 g/mol. The predicted molar refractivity (Wildman–Crippen MR) is 195 cm³/mol.